The molecule has 0 spiro atoms. The summed E-state index contributed by atoms with van der Waals surface area (Å²) in [6.07, 6.45) is 1.86. The van der Waals surface area contributed by atoms with Gasteiger partial charge >= 0.3 is 0 Å². The molecular weight excluding hydrogens is 881 g/mol. The molecule has 14 rings (SSSR count). The van der Waals surface area contributed by atoms with Crippen molar-refractivity contribution in [2.75, 3.05) is 16.5 Å². The van der Waals surface area contributed by atoms with Crippen LogP contribution in [0.15, 0.2) is 188 Å². The average Bonchev–Trinajstić information content (AvgIpc) is 4.06. The molecule has 6 nitrogen and oxygen atoms in total. The van der Waals surface area contributed by atoms with Gasteiger partial charge in [0.25, 0.3) is 0 Å². The Morgan fingerprint density at radius 3 is 1.83 bits per heavy atom. The lowest BCUT2D eigenvalue weighted by molar-refractivity contribution is 0.483. The third-order valence-corrected chi connectivity index (χ3v) is 14.3. The summed E-state index contributed by atoms with van der Waals surface area (Å²) in [7, 11) is 0. The standard InChI is InChI=1S/C66H60N4O2/c1-64(2,3)44-29-25-42(26-30-44)53-35-45(65(4,5)6)36-54-43-27-31-47(32-28-43)72-61-24-15-11-20-52(61)55-40-67-62(39-56(55)66(7,8)9)70-57-21-12-10-19-50(57)51-34-33-49(38-60(51)70)71-48-18-16-17-46(37-48)68-41-69(63(53)54)59-23-14-13-22-58(59)68/h10-40H,41H2,1-9H3/i10D,12D,19D,21D. The van der Waals surface area contributed by atoms with Gasteiger partial charge in [0.15, 0.2) is 0 Å². The summed E-state index contributed by atoms with van der Waals surface area (Å²) in [4.78, 5) is 9.95. The van der Waals surface area contributed by atoms with E-state index in [2.05, 4.69) is 175 Å². The summed E-state index contributed by atoms with van der Waals surface area (Å²) < 4.78 is 51.7. The van der Waals surface area contributed by atoms with Gasteiger partial charge in [-0.15, -0.1) is 0 Å². The Bertz CT molecular complexity index is 3970. The fraction of sp³-hybridized carbons (Fsp3) is 0.197. The van der Waals surface area contributed by atoms with Gasteiger partial charge in [-0.2, -0.15) is 0 Å². The number of hydrogen-bond donors (Lipinski definition) is 0. The molecule has 0 saturated carbocycles. The highest BCUT2D eigenvalue weighted by molar-refractivity contribution is 6.09. The van der Waals surface area contributed by atoms with Crippen LogP contribution in [0.2, 0.25) is 0 Å². The van der Waals surface area contributed by atoms with Crippen LogP contribution in [0.4, 0.5) is 22.7 Å². The SMILES string of the molecule is [2H]c1c([2H])c([2H])c2c(c1[2H])c1ccc3cc1n2-c1cc(C(C)(C)C)c(cn1)-c1ccccc1Oc1ccc(cc1)-c1cc(C(C)(C)C)cc(-c2ccc(C(C)(C)C)cc2)c1N1CN(c2cccc(c2)O3)c2ccccc21. The predicted molar refractivity (Wildman–Crippen MR) is 300 cm³/mol. The molecule has 72 heavy (non-hydrogen) atoms. The second-order valence-electron chi connectivity index (χ2n) is 22.3. The van der Waals surface area contributed by atoms with Crippen LogP contribution in [0.3, 0.4) is 0 Å². The van der Waals surface area contributed by atoms with Crippen LogP contribution in [0.25, 0.3) is 61.0 Å². The monoisotopic (exact) mass is 944 g/mol. The molecule has 0 aliphatic carbocycles. The molecule has 10 aromatic rings. The molecule has 0 fully saturated rings. The van der Waals surface area contributed by atoms with E-state index in [0.29, 0.717) is 57.3 Å². The van der Waals surface area contributed by atoms with Crippen LogP contribution < -0.4 is 19.3 Å². The molecule has 0 atom stereocenters. The van der Waals surface area contributed by atoms with E-state index < -0.39 is 5.41 Å². The predicted octanol–water partition coefficient (Wildman–Crippen LogP) is 18.2. The maximum Gasteiger partial charge on any atom is 0.137 e. The number of anilines is 4. The maximum absolute atomic E-state index is 9.32. The van der Waals surface area contributed by atoms with Crippen LogP contribution in [0, 0.1) is 0 Å². The van der Waals surface area contributed by atoms with Gasteiger partial charge in [0, 0.05) is 57.0 Å². The first-order chi connectivity index (χ1) is 36.2. The fourth-order valence-electron chi connectivity index (χ4n) is 10.4. The minimum atomic E-state index is -0.401. The lowest BCUT2D eigenvalue weighted by Crippen LogP contribution is -2.25. The molecule has 0 saturated heterocycles. The highest BCUT2D eigenvalue weighted by Crippen LogP contribution is 2.52. The Hall–Kier alpha value is -8.09. The zero-order chi connectivity index (χ0) is 53.2. The second kappa shape index (κ2) is 16.8. The molecule has 6 heterocycles. The van der Waals surface area contributed by atoms with Gasteiger partial charge < -0.3 is 19.3 Å². The van der Waals surface area contributed by atoms with E-state index in [4.69, 9.17) is 17.2 Å². The lowest BCUT2D eigenvalue weighted by Gasteiger charge is -2.30. The fourth-order valence-corrected chi connectivity index (χ4v) is 10.4. The number of aromatic nitrogens is 2. The molecular formula is C66H60N4O2. The van der Waals surface area contributed by atoms with Crippen LogP contribution >= 0.6 is 0 Å². The summed E-state index contributed by atoms with van der Waals surface area (Å²) in [5, 5.41) is 1.07. The van der Waals surface area contributed by atoms with Gasteiger partial charge in [0.05, 0.1) is 33.6 Å². The number of para-hydroxylation sites is 4. The van der Waals surface area contributed by atoms with Gasteiger partial charge in [0.2, 0.25) is 0 Å². The molecule has 0 unspecified atom stereocenters. The first-order valence-corrected chi connectivity index (χ1v) is 24.9. The number of nitrogens with zero attached hydrogens (tertiary/aromatic N) is 4. The van der Waals surface area contributed by atoms with Gasteiger partial charge in [-0.25, -0.2) is 4.98 Å². The summed E-state index contributed by atoms with van der Waals surface area (Å²) in [5.41, 5.74) is 14.3. The molecule has 356 valence electrons. The smallest absolute Gasteiger partial charge is 0.137 e. The molecule has 4 aliphatic heterocycles. The van der Waals surface area contributed by atoms with E-state index in [0.717, 1.165) is 61.7 Å². The number of benzene rings is 8. The van der Waals surface area contributed by atoms with Gasteiger partial charge in [-0.1, -0.05) is 153 Å². The molecule has 0 N–H and O–H groups in total. The molecule has 2 aromatic heterocycles. The topological polar surface area (TPSA) is 42.8 Å². The van der Waals surface area contributed by atoms with Crippen molar-refractivity contribution in [3.63, 3.8) is 0 Å². The second-order valence-corrected chi connectivity index (χ2v) is 22.3. The zero-order valence-corrected chi connectivity index (χ0v) is 42.4. The average molecular weight is 945 g/mol. The lowest BCUT2D eigenvalue weighted by atomic mass is 9.81. The molecule has 0 radical (unpaired) electrons. The van der Waals surface area contributed by atoms with E-state index in [1.165, 1.54) is 11.1 Å². The Morgan fingerprint density at radius 2 is 1.12 bits per heavy atom. The minimum absolute atomic E-state index is 0.00612. The van der Waals surface area contributed by atoms with Crippen molar-refractivity contribution in [3.8, 4) is 62.2 Å². The summed E-state index contributed by atoms with van der Waals surface area (Å²) in [6.45, 7) is 20.6. The van der Waals surface area contributed by atoms with Crippen LogP contribution in [0.5, 0.6) is 23.0 Å². The van der Waals surface area contributed by atoms with Gasteiger partial charge in [-0.3, -0.25) is 4.57 Å². The van der Waals surface area contributed by atoms with Crippen molar-refractivity contribution in [2.24, 2.45) is 0 Å². The summed E-state index contributed by atoms with van der Waals surface area (Å²) in [6, 6.07) is 54.1. The van der Waals surface area contributed by atoms with Crippen molar-refractivity contribution in [3.05, 3.63) is 205 Å². The number of hydrogen-bond acceptors (Lipinski definition) is 5. The quantitative estimate of drug-likeness (QED) is 0.164. The minimum Gasteiger partial charge on any atom is -0.457 e. The van der Waals surface area contributed by atoms with E-state index in [1.807, 2.05) is 65.4 Å². The Morgan fingerprint density at radius 1 is 0.486 bits per heavy atom. The van der Waals surface area contributed by atoms with Crippen molar-refractivity contribution >= 4 is 44.6 Å². The third kappa shape index (κ3) is 7.86. The van der Waals surface area contributed by atoms with E-state index in [-0.39, 0.29) is 35.0 Å². The number of ether oxygens (including phenoxy) is 2. The normalized spacial score (nSPS) is 14.2. The number of rotatable bonds is 1. The van der Waals surface area contributed by atoms with Crippen molar-refractivity contribution in [2.45, 2.75) is 78.6 Å². The van der Waals surface area contributed by atoms with Gasteiger partial charge in [0.1, 0.15) is 35.5 Å². The highest BCUT2D eigenvalue weighted by atomic mass is 16.5. The van der Waals surface area contributed by atoms with Crippen LogP contribution in [0.1, 0.15) is 84.5 Å². The van der Waals surface area contributed by atoms with Crippen LogP contribution in [-0.4, -0.2) is 16.2 Å². The first-order valence-electron chi connectivity index (χ1n) is 26.9. The molecule has 6 heteroatoms. The Labute approximate surface area is 429 Å². The Balaban J connectivity index is 1.12. The summed E-state index contributed by atoms with van der Waals surface area (Å²) in [5.74, 6) is 3.04. The van der Waals surface area contributed by atoms with E-state index >= 15 is 0 Å². The molecule has 4 aliphatic rings. The van der Waals surface area contributed by atoms with Crippen LogP contribution in [-0.2, 0) is 16.2 Å². The van der Waals surface area contributed by atoms with Crippen molar-refractivity contribution in [1.82, 2.24) is 9.55 Å². The van der Waals surface area contributed by atoms with E-state index in [9.17, 15) is 2.74 Å². The molecule has 8 aromatic carbocycles. The molecule has 10 bridgehead atoms. The maximum atomic E-state index is 9.32. The number of fused-ring (bicyclic) bond motifs is 5. The number of pyridine rings is 1. The van der Waals surface area contributed by atoms with Crippen molar-refractivity contribution < 1.29 is 15.0 Å². The summed E-state index contributed by atoms with van der Waals surface area (Å²) >= 11 is 0. The van der Waals surface area contributed by atoms with E-state index in [1.54, 1.807) is 0 Å². The third-order valence-electron chi connectivity index (χ3n) is 14.3. The Kier molecular flexibility index (Phi) is 9.46. The highest BCUT2D eigenvalue weighted by Gasteiger charge is 2.33. The largest absolute Gasteiger partial charge is 0.457 e. The molecule has 0 amide bonds. The first kappa shape index (κ1) is 40.6. The zero-order valence-electron chi connectivity index (χ0n) is 46.4. The van der Waals surface area contributed by atoms with Gasteiger partial charge in [-0.05, 0) is 123 Å². The van der Waals surface area contributed by atoms with Crippen molar-refractivity contribution in [1.29, 1.82) is 0 Å².